The van der Waals surface area contributed by atoms with Gasteiger partial charge >= 0.3 is 0 Å². The topological polar surface area (TPSA) is 58.1 Å². The quantitative estimate of drug-likeness (QED) is 0.652. The average Bonchev–Trinajstić information content (AvgIpc) is 3.09. The summed E-state index contributed by atoms with van der Waals surface area (Å²) in [4.78, 5) is 25.5. The highest BCUT2D eigenvalue weighted by Crippen LogP contribution is 2.36. The Morgan fingerprint density at radius 1 is 1.28 bits per heavy atom. The number of hydrogen-bond acceptors (Lipinski definition) is 5. The maximum atomic E-state index is 13.4. The molecular weight excluding hydrogens is 387 g/mol. The normalized spacial score (nSPS) is 14.9. The highest BCUT2D eigenvalue weighted by molar-refractivity contribution is 7.20. The van der Waals surface area contributed by atoms with Crippen LogP contribution in [-0.2, 0) is 6.54 Å². The number of anilines is 1. The minimum Gasteiger partial charge on any atom is -0.356 e. The van der Waals surface area contributed by atoms with E-state index in [1.54, 1.807) is 18.5 Å². The van der Waals surface area contributed by atoms with Gasteiger partial charge in [-0.3, -0.25) is 4.79 Å². The molecule has 1 N–H and O–H groups in total. The molecule has 1 amide bonds. The fourth-order valence-electron chi connectivity index (χ4n) is 4.09. The van der Waals surface area contributed by atoms with Crippen LogP contribution in [-0.4, -0.2) is 29.0 Å². The molecule has 0 bridgehead atoms. The van der Waals surface area contributed by atoms with Crippen molar-refractivity contribution in [1.82, 2.24) is 15.3 Å². The summed E-state index contributed by atoms with van der Waals surface area (Å²) in [5.74, 6) is 0.432. The molecular formula is C22H25FN4OS. The molecule has 152 valence electrons. The van der Waals surface area contributed by atoms with Crippen molar-refractivity contribution in [1.29, 1.82) is 0 Å². The van der Waals surface area contributed by atoms with E-state index in [1.165, 1.54) is 55.6 Å². The van der Waals surface area contributed by atoms with Crippen molar-refractivity contribution in [2.24, 2.45) is 0 Å². The number of carbonyl (C=O) groups is 1. The molecule has 7 heteroatoms. The standard InChI is InChI=1S/C22H25FN4OS/c1-14-18-20(27(2)17-9-4-3-5-10-17)25-13-26-22(18)29-19(14)21(28)24-12-15-7-6-8-16(23)11-15/h6-8,11,13,17H,3-5,9-10,12H2,1-2H3,(H,24,28). The van der Waals surface area contributed by atoms with Crippen LogP contribution in [0, 0.1) is 12.7 Å². The lowest BCUT2D eigenvalue weighted by Crippen LogP contribution is -2.34. The zero-order valence-electron chi connectivity index (χ0n) is 16.7. The Hall–Kier alpha value is -2.54. The maximum absolute atomic E-state index is 13.4. The van der Waals surface area contributed by atoms with Gasteiger partial charge in [-0.1, -0.05) is 31.4 Å². The Balaban J connectivity index is 1.59. The minimum atomic E-state index is -0.305. The Bertz CT molecular complexity index is 1030. The van der Waals surface area contributed by atoms with E-state index in [0.29, 0.717) is 10.9 Å². The molecule has 1 aliphatic carbocycles. The van der Waals surface area contributed by atoms with Crippen LogP contribution in [0.2, 0.25) is 0 Å². The van der Waals surface area contributed by atoms with Crippen LogP contribution in [0.3, 0.4) is 0 Å². The van der Waals surface area contributed by atoms with E-state index >= 15 is 0 Å². The van der Waals surface area contributed by atoms with Crippen LogP contribution in [0.5, 0.6) is 0 Å². The van der Waals surface area contributed by atoms with Gasteiger partial charge in [-0.25, -0.2) is 14.4 Å². The molecule has 1 aromatic carbocycles. The van der Waals surface area contributed by atoms with E-state index in [9.17, 15) is 9.18 Å². The van der Waals surface area contributed by atoms with Crippen LogP contribution < -0.4 is 10.2 Å². The number of carbonyl (C=O) groups excluding carboxylic acids is 1. The molecule has 0 atom stereocenters. The molecule has 1 aliphatic rings. The zero-order chi connectivity index (χ0) is 20.4. The van der Waals surface area contributed by atoms with Crippen molar-refractivity contribution < 1.29 is 9.18 Å². The fourth-order valence-corrected chi connectivity index (χ4v) is 5.15. The van der Waals surface area contributed by atoms with Crippen molar-refractivity contribution in [2.75, 3.05) is 11.9 Å². The number of aryl methyl sites for hydroxylation is 1. The number of nitrogens with one attached hydrogen (secondary N) is 1. The molecule has 29 heavy (non-hydrogen) atoms. The van der Waals surface area contributed by atoms with Crippen LogP contribution in [0.1, 0.15) is 52.9 Å². The summed E-state index contributed by atoms with van der Waals surface area (Å²) in [6.45, 7) is 2.24. The number of aromatic nitrogens is 2. The minimum absolute atomic E-state index is 0.166. The molecule has 0 unspecified atom stereocenters. The van der Waals surface area contributed by atoms with Gasteiger partial charge in [0.15, 0.2) is 0 Å². The maximum Gasteiger partial charge on any atom is 0.261 e. The smallest absolute Gasteiger partial charge is 0.261 e. The summed E-state index contributed by atoms with van der Waals surface area (Å²) >= 11 is 1.38. The van der Waals surface area contributed by atoms with Crippen LogP contribution in [0.25, 0.3) is 10.2 Å². The number of hydrogen-bond donors (Lipinski definition) is 1. The van der Waals surface area contributed by atoms with Gasteiger partial charge in [0.2, 0.25) is 0 Å². The highest BCUT2D eigenvalue weighted by atomic mass is 32.1. The predicted molar refractivity (Wildman–Crippen MR) is 115 cm³/mol. The first-order valence-corrected chi connectivity index (χ1v) is 10.9. The van der Waals surface area contributed by atoms with Gasteiger partial charge in [-0.05, 0) is 43.0 Å². The van der Waals surface area contributed by atoms with Gasteiger partial charge in [-0.15, -0.1) is 11.3 Å². The van der Waals surface area contributed by atoms with Crippen molar-refractivity contribution in [3.63, 3.8) is 0 Å². The summed E-state index contributed by atoms with van der Waals surface area (Å²) in [5, 5.41) is 3.86. The summed E-state index contributed by atoms with van der Waals surface area (Å²) in [6, 6.07) is 6.74. The van der Waals surface area contributed by atoms with Gasteiger partial charge in [0.05, 0.1) is 10.3 Å². The second kappa shape index (κ2) is 8.45. The number of nitrogens with zero attached hydrogens (tertiary/aromatic N) is 3. The molecule has 0 radical (unpaired) electrons. The summed E-state index contributed by atoms with van der Waals surface area (Å²) in [7, 11) is 2.10. The summed E-state index contributed by atoms with van der Waals surface area (Å²) < 4.78 is 13.4. The van der Waals surface area contributed by atoms with E-state index in [0.717, 1.165) is 27.2 Å². The molecule has 1 fully saturated rings. The molecule has 0 saturated heterocycles. The zero-order valence-corrected chi connectivity index (χ0v) is 17.6. The van der Waals surface area contributed by atoms with Gasteiger partial charge < -0.3 is 10.2 Å². The fraction of sp³-hybridized carbons (Fsp3) is 0.409. The van der Waals surface area contributed by atoms with E-state index in [-0.39, 0.29) is 18.3 Å². The summed E-state index contributed by atoms with van der Waals surface area (Å²) in [5.41, 5.74) is 1.63. The van der Waals surface area contributed by atoms with Gasteiger partial charge in [-0.2, -0.15) is 0 Å². The van der Waals surface area contributed by atoms with E-state index < -0.39 is 0 Å². The summed E-state index contributed by atoms with van der Waals surface area (Å²) in [6.07, 6.45) is 7.73. The largest absolute Gasteiger partial charge is 0.356 e. The molecule has 1 saturated carbocycles. The molecule has 4 rings (SSSR count). The Kier molecular flexibility index (Phi) is 5.76. The average molecular weight is 413 g/mol. The van der Waals surface area contributed by atoms with Gasteiger partial charge in [0.25, 0.3) is 5.91 Å². The number of benzene rings is 1. The molecule has 5 nitrogen and oxygen atoms in total. The first kappa shape index (κ1) is 19.8. The third-order valence-electron chi connectivity index (χ3n) is 5.71. The highest BCUT2D eigenvalue weighted by Gasteiger charge is 2.24. The first-order valence-electron chi connectivity index (χ1n) is 10.0. The SMILES string of the molecule is Cc1c(C(=O)NCc2cccc(F)c2)sc2ncnc(N(C)C3CCCCC3)c12. The van der Waals surface area contributed by atoms with Gasteiger partial charge in [0, 0.05) is 19.6 Å². The van der Waals surface area contributed by atoms with E-state index in [1.807, 2.05) is 6.92 Å². The predicted octanol–water partition coefficient (Wildman–Crippen LogP) is 4.84. The molecule has 3 aromatic rings. The van der Waals surface area contributed by atoms with Crippen LogP contribution >= 0.6 is 11.3 Å². The Labute approximate surface area is 174 Å². The van der Waals surface area contributed by atoms with Crippen molar-refractivity contribution in [3.8, 4) is 0 Å². The second-order valence-corrected chi connectivity index (χ2v) is 8.65. The monoisotopic (exact) mass is 412 g/mol. The van der Waals surface area contributed by atoms with E-state index in [2.05, 4.69) is 27.2 Å². The second-order valence-electron chi connectivity index (χ2n) is 7.65. The molecule has 2 heterocycles. The third kappa shape index (κ3) is 4.10. The number of rotatable bonds is 5. The van der Waals surface area contributed by atoms with Gasteiger partial charge in [0.1, 0.15) is 22.8 Å². The lowest BCUT2D eigenvalue weighted by molar-refractivity contribution is 0.0954. The van der Waals surface area contributed by atoms with Crippen molar-refractivity contribution >= 4 is 33.3 Å². The Morgan fingerprint density at radius 3 is 2.83 bits per heavy atom. The number of thiophene rings is 1. The van der Waals surface area contributed by atoms with E-state index in [4.69, 9.17) is 0 Å². The lowest BCUT2D eigenvalue weighted by Gasteiger charge is -2.32. The lowest BCUT2D eigenvalue weighted by atomic mass is 9.94. The first-order chi connectivity index (χ1) is 14.0. The molecule has 0 aliphatic heterocycles. The number of fused-ring (bicyclic) bond motifs is 1. The molecule has 0 spiro atoms. The van der Waals surface area contributed by atoms with Crippen molar-refractivity contribution in [3.05, 3.63) is 52.4 Å². The van der Waals surface area contributed by atoms with Crippen LogP contribution in [0.4, 0.5) is 10.2 Å². The number of amides is 1. The van der Waals surface area contributed by atoms with Crippen LogP contribution in [0.15, 0.2) is 30.6 Å². The van der Waals surface area contributed by atoms with Crippen molar-refractivity contribution in [2.45, 2.75) is 51.6 Å². The Morgan fingerprint density at radius 2 is 2.07 bits per heavy atom. The number of halogens is 1. The molecule has 2 aromatic heterocycles. The third-order valence-corrected chi connectivity index (χ3v) is 6.91.